The van der Waals surface area contributed by atoms with Crippen LogP contribution < -0.4 is 5.32 Å². The summed E-state index contributed by atoms with van der Waals surface area (Å²) in [5, 5.41) is 8.49. The Morgan fingerprint density at radius 1 is 1.12 bits per heavy atom. The molecule has 0 aromatic carbocycles. The smallest absolute Gasteiger partial charge is 0.249 e. The predicted molar refractivity (Wildman–Crippen MR) is 90.2 cm³/mol. The van der Waals surface area contributed by atoms with Crippen LogP contribution in [0, 0.1) is 5.92 Å². The Kier molecular flexibility index (Phi) is 4.49. The van der Waals surface area contributed by atoms with Gasteiger partial charge in [0.05, 0.1) is 0 Å². The van der Waals surface area contributed by atoms with Gasteiger partial charge in [-0.05, 0) is 31.6 Å². The van der Waals surface area contributed by atoms with Crippen molar-refractivity contribution in [3.8, 4) is 0 Å². The minimum atomic E-state index is -0.0334. The SMILES string of the molecule is CC(C)c1noc([C@H](Nc2nc(C3CC3)ns2)C2CCOCC2)n1. The largest absolute Gasteiger partial charge is 0.381 e. The van der Waals surface area contributed by atoms with Crippen LogP contribution in [0.1, 0.15) is 74.9 Å². The fourth-order valence-electron chi connectivity index (χ4n) is 2.97. The van der Waals surface area contributed by atoms with E-state index in [4.69, 9.17) is 9.26 Å². The molecule has 7 nitrogen and oxygen atoms in total. The summed E-state index contributed by atoms with van der Waals surface area (Å²) in [5.41, 5.74) is 0. The van der Waals surface area contributed by atoms with Crippen LogP contribution in [0.25, 0.3) is 0 Å². The van der Waals surface area contributed by atoms with Crippen molar-refractivity contribution in [1.29, 1.82) is 0 Å². The van der Waals surface area contributed by atoms with Crippen molar-refractivity contribution in [3.63, 3.8) is 0 Å². The normalized spacial score (nSPS) is 20.5. The van der Waals surface area contributed by atoms with E-state index in [0.29, 0.717) is 17.7 Å². The van der Waals surface area contributed by atoms with Gasteiger partial charge in [0.15, 0.2) is 5.82 Å². The Balaban J connectivity index is 1.56. The van der Waals surface area contributed by atoms with Crippen LogP contribution in [0.3, 0.4) is 0 Å². The lowest BCUT2D eigenvalue weighted by molar-refractivity contribution is 0.0571. The summed E-state index contributed by atoms with van der Waals surface area (Å²) < 4.78 is 15.6. The zero-order valence-corrected chi connectivity index (χ0v) is 14.9. The first-order valence-electron chi connectivity index (χ1n) is 8.72. The Hall–Kier alpha value is -1.54. The van der Waals surface area contributed by atoms with Crippen molar-refractivity contribution in [1.82, 2.24) is 19.5 Å². The van der Waals surface area contributed by atoms with Crippen LogP contribution in [-0.4, -0.2) is 32.7 Å². The van der Waals surface area contributed by atoms with Gasteiger partial charge in [0.25, 0.3) is 0 Å². The lowest BCUT2D eigenvalue weighted by Gasteiger charge is -2.28. The maximum Gasteiger partial charge on any atom is 0.249 e. The van der Waals surface area contributed by atoms with Crippen molar-refractivity contribution >= 4 is 16.7 Å². The number of rotatable bonds is 6. The molecule has 3 heterocycles. The first-order chi connectivity index (χ1) is 11.7. The van der Waals surface area contributed by atoms with E-state index in [1.54, 1.807) is 0 Å². The molecule has 1 atom stereocenters. The van der Waals surface area contributed by atoms with Crippen molar-refractivity contribution in [2.75, 3.05) is 18.5 Å². The zero-order chi connectivity index (χ0) is 16.5. The van der Waals surface area contributed by atoms with E-state index in [1.807, 2.05) is 0 Å². The van der Waals surface area contributed by atoms with E-state index in [2.05, 4.69) is 38.7 Å². The molecule has 0 unspecified atom stereocenters. The quantitative estimate of drug-likeness (QED) is 0.854. The highest BCUT2D eigenvalue weighted by Gasteiger charge is 2.32. The van der Waals surface area contributed by atoms with Crippen LogP contribution in [0.2, 0.25) is 0 Å². The van der Waals surface area contributed by atoms with Gasteiger partial charge in [-0.3, -0.25) is 0 Å². The van der Waals surface area contributed by atoms with Gasteiger partial charge in [-0.15, -0.1) is 0 Å². The summed E-state index contributed by atoms with van der Waals surface area (Å²) in [5.74, 6) is 3.58. The van der Waals surface area contributed by atoms with Gasteiger partial charge in [-0.1, -0.05) is 19.0 Å². The second-order valence-corrected chi connectivity index (χ2v) is 7.70. The lowest BCUT2D eigenvalue weighted by Crippen LogP contribution is -2.27. The summed E-state index contributed by atoms with van der Waals surface area (Å²) in [7, 11) is 0. The molecule has 1 saturated heterocycles. The summed E-state index contributed by atoms with van der Waals surface area (Å²) in [6, 6.07) is -0.0334. The van der Waals surface area contributed by atoms with Crippen molar-refractivity contribution < 1.29 is 9.26 Å². The van der Waals surface area contributed by atoms with E-state index < -0.39 is 0 Å². The molecular weight excluding hydrogens is 326 g/mol. The Labute approximate surface area is 145 Å². The first-order valence-corrected chi connectivity index (χ1v) is 9.49. The third-order valence-corrected chi connectivity index (χ3v) is 5.30. The fraction of sp³-hybridized carbons (Fsp3) is 0.750. The highest BCUT2D eigenvalue weighted by molar-refractivity contribution is 7.09. The van der Waals surface area contributed by atoms with E-state index >= 15 is 0 Å². The van der Waals surface area contributed by atoms with Crippen LogP contribution in [-0.2, 0) is 4.74 Å². The van der Waals surface area contributed by atoms with Gasteiger partial charge in [0.2, 0.25) is 11.0 Å². The van der Waals surface area contributed by atoms with Crippen molar-refractivity contribution in [2.45, 2.75) is 57.4 Å². The van der Waals surface area contributed by atoms with Crippen molar-refractivity contribution in [3.05, 3.63) is 17.5 Å². The first kappa shape index (κ1) is 16.0. The maximum absolute atomic E-state index is 5.57. The summed E-state index contributed by atoms with van der Waals surface area (Å²) in [4.78, 5) is 9.26. The molecule has 1 N–H and O–H groups in total. The standard InChI is InChI=1S/C16H23N5O2S/c1-9(2)13-18-15(23-20-13)12(10-5-7-22-8-6-10)17-16-19-14(21-24-16)11-3-4-11/h9-12H,3-8H2,1-2H3,(H,17,19,21)/t12-/m1/s1. The second kappa shape index (κ2) is 6.76. The highest BCUT2D eigenvalue weighted by Crippen LogP contribution is 2.40. The second-order valence-electron chi connectivity index (χ2n) is 6.95. The molecule has 2 aromatic heterocycles. The van der Waals surface area contributed by atoms with Crippen LogP contribution in [0.4, 0.5) is 5.13 Å². The van der Waals surface area contributed by atoms with E-state index in [9.17, 15) is 0 Å². The van der Waals surface area contributed by atoms with E-state index in [0.717, 1.165) is 42.8 Å². The number of aromatic nitrogens is 4. The third kappa shape index (κ3) is 3.44. The van der Waals surface area contributed by atoms with Gasteiger partial charge < -0.3 is 14.6 Å². The zero-order valence-electron chi connectivity index (χ0n) is 14.1. The Morgan fingerprint density at radius 3 is 2.58 bits per heavy atom. The Bertz CT molecular complexity index is 676. The fourth-order valence-corrected chi connectivity index (χ4v) is 3.66. The highest BCUT2D eigenvalue weighted by atomic mass is 32.1. The minimum Gasteiger partial charge on any atom is -0.381 e. The number of hydrogen-bond acceptors (Lipinski definition) is 8. The van der Waals surface area contributed by atoms with Gasteiger partial charge in [-0.2, -0.15) is 9.36 Å². The van der Waals surface area contributed by atoms with Crippen LogP contribution in [0.5, 0.6) is 0 Å². The average molecular weight is 349 g/mol. The molecule has 4 rings (SSSR count). The molecule has 8 heteroatoms. The molecule has 1 aliphatic carbocycles. The molecule has 0 radical (unpaired) electrons. The Morgan fingerprint density at radius 2 is 1.92 bits per heavy atom. The lowest BCUT2D eigenvalue weighted by atomic mass is 9.91. The molecule has 0 bridgehead atoms. The summed E-state index contributed by atoms with van der Waals surface area (Å²) in [6.07, 6.45) is 4.37. The number of anilines is 1. The van der Waals surface area contributed by atoms with Crippen LogP contribution >= 0.6 is 11.5 Å². The number of nitrogens with one attached hydrogen (secondary N) is 1. The molecule has 1 aliphatic heterocycles. The van der Waals surface area contributed by atoms with E-state index in [1.165, 1.54) is 24.4 Å². The molecule has 24 heavy (non-hydrogen) atoms. The van der Waals surface area contributed by atoms with Crippen LogP contribution in [0.15, 0.2) is 4.52 Å². The van der Waals surface area contributed by atoms with Crippen molar-refractivity contribution in [2.24, 2.45) is 5.92 Å². The molecule has 1 saturated carbocycles. The minimum absolute atomic E-state index is 0.0334. The number of nitrogens with zero attached hydrogens (tertiary/aromatic N) is 4. The maximum atomic E-state index is 5.57. The molecular formula is C16H23N5O2S. The summed E-state index contributed by atoms with van der Waals surface area (Å²) in [6.45, 7) is 5.69. The summed E-state index contributed by atoms with van der Waals surface area (Å²) >= 11 is 1.42. The molecule has 2 aromatic rings. The van der Waals surface area contributed by atoms with Gasteiger partial charge in [-0.25, -0.2) is 4.98 Å². The number of ether oxygens (including phenoxy) is 1. The monoisotopic (exact) mass is 349 g/mol. The van der Waals surface area contributed by atoms with Gasteiger partial charge >= 0.3 is 0 Å². The number of hydrogen-bond donors (Lipinski definition) is 1. The topological polar surface area (TPSA) is 86.0 Å². The van der Waals surface area contributed by atoms with Gasteiger partial charge in [0, 0.05) is 36.6 Å². The molecule has 2 fully saturated rings. The predicted octanol–water partition coefficient (Wildman–Crippen LogP) is 3.50. The molecule has 130 valence electrons. The third-order valence-electron chi connectivity index (χ3n) is 4.64. The average Bonchev–Trinajstić information content (AvgIpc) is 3.14. The molecule has 0 spiro atoms. The molecule has 2 aliphatic rings. The molecule has 0 amide bonds. The van der Waals surface area contributed by atoms with Gasteiger partial charge in [0.1, 0.15) is 11.9 Å². The van der Waals surface area contributed by atoms with E-state index in [-0.39, 0.29) is 12.0 Å².